The van der Waals surface area contributed by atoms with E-state index in [0.29, 0.717) is 24.6 Å². The SMILES string of the molecule is CCN(CC)S(=O)(=O)N1CCN(S(=O)(=O)c2ccc(OC)c(OC)c2)CC1. The van der Waals surface area contributed by atoms with E-state index in [4.69, 9.17) is 9.47 Å². The molecule has 154 valence electrons. The molecule has 0 spiro atoms. The van der Waals surface area contributed by atoms with Gasteiger partial charge in [0.05, 0.1) is 19.1 Å². The van der Waals surface area contributed by atoms with Crippen molar-refractivity contribution in [3.05, 3.63) is 18.2 Å². The molecule has 0 bridgehead atoms. The highest BCUT2D eigenvalue weighted by Crippen LogP contribution is 2.31. The van der Waals surface area contributed by atoms with Crippen molar-refractivity contribution in [2.24, 2.45) is 0 Å². The predicted octanol–water partition coefficient (Wildman–Crippen LogP) is 0.597. The third-order valence-corrected chi connectivity index (χ3v) is 8.63. The number of nitrogens with zero attached hydrogens (tertiary/aromatic N) is 3. The van der Waals surface area contributed by atoms with Crippen molar-refractivity contribution < 1.29 is 26.3 Å². The van der Waals surface area contributed by atoms with Gasteiger partial charge in [-0.15, -0.1) is 0 Å². The number of piperazine rings is 1. The molecule has 0 aliphatic carbocycles. The number of ether oxygens (including phenoxy) is 2. The lowest BCUT2D eigenvalue weighted by molar-refractivity contribution is 0.256. The Morgan fingerprint density at radius 1 is 0.889 bits per heavy atom. The highest BCUT2D eigenvalue weighted by Gasteiger charge is 2.35. The van der Waals surface area contributed by atoms with Crippen molar-refractivity contribution in [2.75, 3.05) is 53.5 Å². The zero-order valence-corrected chi connectivity index (χ0v) is 17.7. The second-order valence-electron chi connectivity index (χ2n) is 5.91. The van der Waals surface area contributed by atoms with Crippen molar-refractivity contribution in [1.82, 2.24) is 12.9 Å². The Morgan fingerprint density at radius 3 is 1.89 bits per heavy atom. The van der Waals surface area contributed by atoms with Gasteiger partial charge in [0, 0.05) is 45.3 Å². The van der Waals surface area contributed by atoms with E-state index in [2.05, 4.69) is 0 Å². The quantitative estimate of drug-likeness (QED) is 0.610. The number of hydrogen-bond donors (Lipinski definition) is 0. The van der Waals surface area contributed by atoms with Crippen LogP contribution in [0.3, 0.4) is 0 Å². The monoisotopic (exact) mass is 421 g/mol. The van der Waals surface area contributed by atoms with E-state index in [1.165, 1.54) is 45.3 Å². The predicted molar refractivity (Wildman–Crippen MR) is 102 cm³/mol. The first kappa shape index (κ1) is 21.9. The summed E-state index contributed by atoms with van der Waals surface area (Å²) in [6.45, 7) is 4.73. The lowest BCUT2D eigenvalue weighted by Gasteiger charge is -2.35. The molecule has 0 atom stereocenters. The Kier molecular flexibility index (Phi) is 7.09. The maximum Gasteiger partial charge on any atom is 0.282 e. The third-order valence-electron chi connectivity index (χ3n) is 4.55. The van der Waals surface area contributed by atoms with Crippen LogP contribution < -0.4 is 9.47 Å². The Labute approximate surface area is 161 Å². The molecular weight excluding hydrogens is 394 g/mol. The van der Waals surface area contributed by atoms with Crippen molar-refractivity contribution >= 4 is 20.2 Å². The summed E-state index contributed by atoms with van der Waals surface area (Å²) >= 11 is 0. The Morgan fingerprint density at radius 2 is 1.41 bits per heavy atom. The molecule has 11 heteroatoms. The normalized spacial score (nSPS) is 17.2. The third kappa shape index (κ3) is 4.37. The van der Waals surface area contributed by atoms with Crippen LogP contribution in [-0.4, -0.2) is 83.2 Å². The lowest BCUT2D eigenvalue weighted by Crippen LogP contribution is -2.54. The molecule has 1 aromatic rings. The lowest BCUT2D eigenvalue weighted by atomic mass is 10.3. The van der Waals surface area contributed by atoms with Crippen LogP contribution in [0, 0.1) is 0 Å². The van der Waals surface area contributed by atoms with Crippen molar-refractivity contribution in [2.45, 2.75) is 18.7 Å². The first-order valence-electron chi connectivity index (χ1n) is 8.69. The highest BCUT2D eigenvalue weighted by molar-refractivity contribution is 7.89. The van der Waals surface area contributed by atoms with Crippen LogP contribution in [0.5, 0.6) is 11.5 Å². The van der Waals surface area contributed by atoms with Gasteiger partial charge >= 0.3 is 0 Å². The molecule has 0 saturated carbocycles. The summed E-state index contributed by atoms with van der Waals surface area (Å²) in [5.41, 5.74) is 0. The molecule has 1 saturated heterocycles. The fraction of sp³-hybridized carbons (Fsp3) is 0.625. The summed E-state index contributed by atoms with van der Waals surface area (Å²) in [6.07, 6.45) is 0. The molecule has 1 heterocycles. The summed E-state index contributed by atoms with van der Waals surface area (Å²) in [7, 11) is -4.42. The van der Waals surface area contributed by atoms with E-state index in [-0.39, 0.29) is 31.1 Å². The number of rotatable bonds is 8. The van der Waals surface area contributed by atoms with Crippen LogP contribution in [0.2, 0.25) is 0 Å². The molecule has 2 rings (SSSR count). The van der Waals surface area contributed by atoms with Crippen LogP contribution >= 0.6 is 0 Å². The minimum Gasteiger partial charge on any atom is -0.493 e. The average Bonchev–Trinajstić information content (AvgIpc) is 2.68. The van der Waals surface area contributed by atoms with E-state index in [1.54, 1.807) is 13.8 Å². The van der Waals surface area contributed by atoms with Crippen molar-refractivity contribution in [1.29, 1.82) is 0 Å². The summed E-state index contributed by atoms with van der Waals surface area (Å²) in [6, 6.07) is 4.40. The topological polar surface area (TPSA) is 96.5 Å². The molecule has 1 fully saturated rings. The van der Waals surface area contributed by atoms with E-state index in [1.807, 2.05) is 0 Å². The van der Waals surface area contributed by atoms with Gasteiger partial charge in [0.25, 0.3) is 10.2 Å². The maximum atomic E-state index is 12.9. The molecule has 27 heavy (non-hydrogen) atoms. The van der Waals surface area contributed by atoms with E-state index >= 15 is 0 Å². The molecule has 1 aromatic carbocycles. The molecular formula is C16H27N3O6S2. The Balaban J connectivity index is 2.17. The largest absolute Gasteiger partial charge is 0.493 e. The molecule has 0 unspecified atom stereocenters. The van der Waals surface area contributed by atoms with Crippen molar-refractivity contribution in [3.8, 4) is 11.5 Å². The van der Waals surface area contributed by atoms with Gasteiger partial charge in [-0.05, 0) is 12.1 Å². The van der Waals surface area contributed by atoms with Crippen LogP contribution in [0.15, 0.2) is 23.1 Å². The van der Waals surface area contributed by atoms with Gasteiger partial charge in [-0.3, -0.25) is 0 Å². The van der Waals surface area contributed by atoms with Gasteiger partial charge in [-0.25, -0.2) is 8.42 Å². The zero-order chi connectivity index (χ0) is 20.2. The highest BCUT2D eigenvalue weighted by atomic mass is 32.2. The molecule has 1 aliphatic heterocycles. The second kappa shape index (κ2) is 8.74. The zero-order valence-electron chi connectivity index (χ0n) is 16.1. The van der Waals surface area contributed by atoms with Gasteiger partial charge in [0.15, 0.2) is 11.5 Å². The van der Waals surface area contributed by atoms with Crippen LogP contribution in [0.4, 0.5) is 0 Å². The first-order chi connectivity index (χ1) is 12.7. The van der Waals surface area contributed by atoms with E-state index in [0.717, 1.165) is 0 Å². The maximum absolute atomic E-state index is 12.9. The van der Waals surface area contributed by atoms with Gasteiger partial charge in [-0.1, -0.05) is 13.8 Å². The minimum absolute atomic E-state index is 0.0835. The smallest absolute Gasteiger partial charge is 0.282 e. The fourth-order valence-electron chi connectivity index (χ4n) is 2.98. The first-order valence-corrected chi connectivity index (χ1v) is 11.5. The molecule has 0 radical (unpaired) electrons. The van der Waals surface area contributed by atoms with Crippen LogP contribution in [0.25, 0.3) is 0 Å². The van der Waals surface area contributed by atoms with Gasteiger partial charge < -0.3 is 9.47 Å². The summed E-state index contributed by atoms with van der Waals surface area (Å²) in [4.78, 5) is 0.0835. The summed E-state index contributed by atoms with van der Waals surface area (Å²) < 4.78 is 65.3. The number of benzene rings is 1. The standard InChI is InChI=1S/C16H27N3O6S2/c1-5-17(6-2)27(22,23)19-11-9-18(10-12-19)26(20,21)14-7-8-15(24-3)16(13-14)25-4/h7-8,13H,5-6,9-12H2,1-4H3. The molecule has 0 aromatic heterocycles. The van der Waals surface area contributed by atoms with Gasteiger partial charge in [0.1, 0.15) is 0 Å². The Bertz CT molecular complexity index is 845. The molecule has 0 amide bonds. The molecule has 9 nitrogen and oxygen atoms in total. The van der Waals surface area contributed by atoms with Gasteiger partial charge in [-0.2, -0.15) is 21.3 Å². The molecule has 1 aliphatic rings. The van der Waals surface area contributed by atoms with E-state index < -0.39 is 20.2 Å². The fourth-order valence-corrected chi connectivity index (χ4v) is 6.02. The Hall–Kier alpha value is -1.40. The minimum atomic E-state index is -3.76. The number of methoxy groups -OCH3 is 2. The number of sulfonamides is 1. The molecule has 0 N–H and O–H groups in total. The van der Waals surface area contributed by atoms with Crippen molar-refractivity contribution in [3.63, 3.8) is 0 Å². The second-order valence-corrected chi connectivity index (χ2v) is 9.78. The van der Waals surface area contributed by atoms with Gasteiger partial charge in [0.2, 0.25) is 10.0 Å². The summed E-state index contributed by atoms with van der Waals surface area (Å²) in [5, 5.41) is 0. The number of hydrogen-bond acceptors (Lipinski definition) is 6. The van der Waals surface area contributed by atoms with E-state index in [9.17, 15) is 16.8 Å². The van der Waals surface area contributed by atoms with Crippen LogP contribution in [0.1, 0.15) is 13.8 Å². The van der Waals surface area contributed by atoms with Crippen LogP contribution in [-0.2, 0) is 20.2 Å². The average molecular weight is 422 g/mol. The summed E-state index contributed by atoms with van der Waals surface area (Å²) in [5.74, 6) is 0.757.